The van der Waals surface area contributed by atoms with Gasteiger partial charge in [0.2, 0.25) is 5.78 Å². The summed E-state index contributed by atoms with van der Waals surface area (Å²) in [5, 5.41) is 3.86. The van der Waals surface area contributed by atoms with Gasteiger partial charge >= 0.3 is 0 Å². The average molecular weight is 461 g/mol. The summed E-state index contributed by atoms with van der Waals surface area (Å²) in [6, 6.07) is 15.2. The second-order valence-corrected chi connectivity index (χ2v) is 8.41. The van der Waals surface area contributed by atoms with Crippen LogP contribution in [0.1, 0.15) is 21.6 Å². The third-order valence-corrected chi connectivity index (χ3v) is 6.18. The second-order valence-electron chi connectivity index (χ2n) is 7.12. The lowest BCUT2D eigenvalue weighted by atomic mass is 10.1. The van der Waals surface area contributed by atoms with E-state index in [9.17, 15) is 4.79 Å². The molecule has 0 bridgehead atoms. The van der Waals surface area contributed by atoms with Crippen molar-refractivity contribution in [2.24, 2.45) is 0 Å². The van der Waals surface area contributed by atoms with Gasteiger partial charge in [0.15, 0.2) is 10.8 Å². The van der Waals surface area contributed by atoms with Crippen molar-refractivity contribution >= 4 is 39.6 Å². The van der Waals surface area contributed by atoms with E-state index in [2.05, 4.69) is 19.5 Å². The van der Waals surface area contributed by atoms with Crippen molar-refractivity contribution in [3.8, 4) is 16.6 Å². The van der Waals surface area contributed by atoms with Gasteiger partial charge in [-0.2, -0.15) is 0 Å². The van der Waals surface area contributed by atoms with Crippen molar-refractivity contribution in [3.05, 3.63) is 94.3 Å². The summed E-state index contributed by atoms with van der Waals surface area (Å²) in [6.45, 7) is 0.605. The summed E-state index contributed by atoms with van der Waals surface area (Å²) in [5.74, 6) is 1.03. The molecule has 32 heavy (non-hydrogen) atoms. The van der Waals surface area contributed by atoms with Crippen LogP contribution in [0.2, 0.25) is 5.02 Å². The van der Waals surface area contributed by atoms with E-state index < -0.39 is 0 Å². The Morgan fingerprint density at radius 2 is 1.91 bits per heavy atom. The van der Waals surface area contributed by atoms with Crippen LogP contribution in [0.15, 0.2) is 72.5 Å². The Morgan fingerprint density at radius 1 is 1.12 bits per heavy atom. The molecule has 158 valence electrons. The van der Waals surface area contributed by atoms with Crippen LogP contribution in [0.5, 0.6) is 5.75 Å². The predicted octanol–water partition coefficient (Wildman–Crippen LogP) is 5.50. The molecular formula is C24H17ClN4O2S. The molecule has 0 aliphatic heterocycles. The molecule has 5 aromatic rings. The van der Waals surface area contributed by atoms with Crippen LogP contribution in [0.25, 0.3) is 21.7 Å². The SMILES string of the molecule is COc1ccc2c(c1)c(C(=O)c1csc(-c3ncccn3)n1)cn2Cc1ccc(Cl)cc1. The molecule has 0 unspecified atom stereocenters. The van der Waals surface area contributed by atoms with E-state index in [0.717, 1.165) is 16.5 Å². The van der Waals surface area contributed by atoms with Crippen LogP contribution in [-0.2, 0) is 6.54 Å². The lowest BCUT2D eigenvalue weighted by molar-refractivity contribution is 0.103. The minimum atomic E-state index is -0.156. The molecule has 0 saturated heterocycles. The van der Waals surface area contributed by atoms with Gasteiger partial charge in [-0.3, -0.25) is 4.79 Å². The molecule has 0 amide bonds. The van der Waals surface area contributed by atoms with Crippen molar-refractivity contribution < 1.29 is 9.53 Å². The summed E-state index contributed by atoms with van der Waals surface area (Å²) in [7, 11) is 1.61. The number of ether oxygens (including phenoxy) is 1. The molecular weight excluding hydrogens is 444 g/mol. The van der Waals surface area contributed by atoms with Crippen molar-refractivity contribution in [2.45, 2.75) is 6.54 Å². The summed E-state index contributed by atoms with van der Waals surface area (Å²) in [4.78, 5) is 26.4. The topological polar surface area (TPSA) is 69.9 Å². The maximum atomic E-state index is 13.4. The highest BCUT2D eigenvalue weighted by Gasteiger charge is 2.21. The van der Waals surface area contributed by atoms with Crippen molar-refractivity contribution in [1.82, 2.24) is 19.5 Å². The number of benzene rings is 2. The van der Waals surface area contributed by atoms with E-state index in [0.29, 0.717) is 39.4 Å². The zero-order chi connectivity index (χ0) is 22.1. The number of aromatic nitrogens is 4. The number of nitrogens with zero attached hydrogens (tertiary/aromatic N) is 4. The monoisotopic (exact) mass is 460 g/mol. The van der Waals surface area contributed by atoms with Crippen LogP contribution in [0, 0.1) is 0 Å². The normalized spacial score (nSPS) is 11.1. The van der Waals surface area contributed by atoms with Crippen molar-refractivity contribution in [2.75, 3.05) is 7.11 Å². The Morgan fingerprint density at radius 3 is 2.66 bits per heavy atom. The maximum Gasteiger partial charge on any atom is 0.214 e. The van der Waals surface area contributed by atoms with Gasteiger partial charge in [0, 0.05) is 52.0 Å². The fourth-order valence-corrected chi connectivity index (χ4v) is 4.40. The zero-order valence-corrected chi connectivity index (χ0v) is 18.6. The number of hydrogen-bond acceptors (Lipinski definition) is 6. The molecule has 0 fully saturated rings. The van der Waals surface area contributed by atoms with E-state index in [4.69, 9.17) is 16.3 Å². The quantitative estimate of drug-likeness (QED) is 0.313. The first-order chi connectivity index (χ1) is 15.6. The van der Waals surface area contributed by atoms with Crippen LogP contribution in [0.3, 0.4) is 0 Å². The van der Waals surface area contributed by atoms with E-state index in [1.807, 2.05) is 48.7 Å². The van der Waals surface area contributed by atoms with Gasteiger partial charge in [0.1, 0.15) is 11.4 Å². The number of thiazole rings is 1. The third kappa shape index (κ3) is 3.88. The number of rotatable bonds is 6. The number of methoxy groups -OCH3 is 1. The highest BCUT2D eigenvalue weighted by atomic mass is 35.5. The summed E-state index contributed by atoms with van der Waals surface area (Å²) in [5.41, 5.74) is 2.95. The number of halogens is 1. The average Bonchev–Trinajstić information content (AvgIpc) is 3.46. The lowest BCUT2D eigenvalue weighted by Crippen LogP contribution is -2.02. The molecule has 3 heterocycles. The highest BCUT2D eigenvalue weighted by Crippen LogP contribution is 2.30. The van der Waals surface area contributed by atoms with E-state index in [1.165, 1.54) is 11.3 Å². The van der Waals surface area contributed by atoms with Crippen LogP contribution < -0.4 is 4.74 Å². The maximum absolute atomic E-state index is 13.4. The molecule has 0 aliphatic carbocycles. The van der Waals surface area contributed by atoms with Gasteiger partial charge in [0.05, 0.1) is 7.11 Å². The van der Waals surface area contributed by atoms with Crippen molar-refractivity contribution in [1.29, 1.82) is 0 Å². The van der Waals surface area contributed by atoms with E-state index in [-0.39, 0.29) is 5.78 Å². The molecule has 8 heteroatoms. The predicted molar refractivity (Wildman–Crippen MR) is 126 cm³/mol. The van der Waals surface area contributed by atoms with E-state index >= 15 is 0 Å². The van der Waals surface area contributed by atoms with Gasteiger partial charge in [0.25, 0.3) is 0 Å². The molecule has 0 saturated carbocycles. The van der Waals surface area contributed by atoms with Gasteiger partial charge in [-0.15, -0.1) is 11.3 Å². The number of hydrogen-bond donors (Lipinski definition) is 0. The molecule has 3 aromatic heterocycles. The Balaban J connectivity index is 1.56. The summed E-state index contributed by atoms with van der Waals surface area (Å²) in [6.07, 6.45) is 5.18. The first-order valence-electron chi connectivity index (χ1n) is 9.81. The number of carbonyl (C=O) groups excluding carboxylic acids is 1. The summed E-state index contributed by atoms with van der Waals surface area (Å²) >= 11 is 7.37. The van der Waals surface area contributed by atoms with Crippen molar-refractivity contribution in [3.63, 3.8) is 0 Å². The van der Waals surface area contributed by atoms with Crippen LogP contribution in [0.4, 0.5) is 0 Å². The first kappa shape index (κ1) is 20.4. The Bertz CT molecular complexity index is 1410. The Hall–Kier alpha value is -3.55. The van der Waals surface area contributed by atoms with E-state index in [1.54, 1.807) is 30.9 Å². The standard InChI is InChI=1S/C24H17ClN4O2S/c1-31-17-7-8-21-18(11-17)19(13-29(21)12-15-3-5-16(25)6-4-15)22(30)20-14-32-24(28-20)23-26-9-2-10-27-23/h2-11,13-14H,12H2,1H3. The molecule has 0 aliphatic rings. The zero-order valence-electron chi connectivity index (χ0n) is 17.0. The fourth-order valence-electron chi connectivity index (χ4n) is 3.53. The van der Waals surface area contributed by atoms with Crippen LogP contribution in [-0.4, -0.2) is 32.4 Å². The molecule has 0 radical (unpaired) electrons. The van der Waals surface area contributed by atoms with Gasteiger partial charge in [-0.1, -0.05) is 23.7 Å². The number of fused-ring (bicyclic) bond motifs is 1. The second kappa shape index (κ2) is 8.53. The Labute approximate surface area is 193 Å². The summed E-state index contributed by atoms with van der Waals surface area (Å²) < 4.78 is 7.45. The molecule has 0 N–H and O–H groups in total. The molecule has 0 atom stereocenters. The number of carbonyl (C=O) groups is 1. The Kier molecular flexibility index (Phi) is 5.43. The van der Waals surface area contributed by atoms with Gasteiger partial charge in [-0.25, -0.2) is 15.0 Å². The lowest BCUT2D eigenvalue weighted by Gasteiger charge is -2.06. The molecule has 5 rings (SSSR count). The smallest absolute Gasteiger partial charge is 0.214 e. The minimum absolute atomic E-state index is 0.156. The molecule has 0 spiro atoms. The third-order valence-electron chi connectivity index (χ3n) is 5.09. The fraction of sp³-hybridized carbons (Fsp3) is 0.0833. The van der Waals surface area contributed by atoms with Crippen LogP contribution >= 0.6 is 22.9 Å². The minimum Gasteiger partial charge on any atom is -0.497 e. The van der Waals surface area contributed by atoms with Gasteiger partial charge < -0.3 is 9.30 Å². The first-order valence-corrected chi connectivity index (χ1v) is 11.1. The molecule has 2 aromatic carbocycles. The largest absolute Gasteiger partial charge is 0.497 e. The molecule has 6 nitrogen and oxygen atoms in total. The highest BCUT2D eigenvalue weighted by molar-refractivity contribution is 7.13. The number of ketones is 1. The van der Waals surface area contributed by atoms with Gasteiger partial charge in [-0.05, 0) is 42.0 Å².